The average Bonchev–Trinajstić information content (AvgIpc) is 2.37. The van der Waals surface area contributed by atoms with E-state index in [0.717, 1.165) is 12.1 Å². The van der Waals surface area contributed by atoms with Gasteiger partial charge in [0.05, 0.1) is 10.8 Å². The largest absolute Gasteiger partial charge is 0.481 e. The molecule has 0 bridgehead atoms. The van der Waals surface area contributed by atoms with Gasteiger partial charge in [0.25, 0.3) is 0 Å². The van der Waals surface area contributed by atoms with Gasteiger partial charge in [0.15, 0.2) is 0 Å². The summed E-state index contributed by atoms with van der Waals surface area (Å²) in [7, 11) is -4.02. The van der Waals surface area contributed by atoms with E-state index in [9.17, 15) is 22.0 Å². The number of benzene rings is 1. The van der Waals surface area contributed by atoms with Crippen LogP contribution in [0.3, 0.4) is 0 Å². The highest BCUT2D eigenvalue weighted by molar-refractivity contribution is 7.89. The molecule has 0 spiro atoms. The number of hydrogen-bond acceptors (Lipinski definition) is 3. The standard InChI is InChI=1S/C13H15F2NO4S/c14-9-5-10(15)7-12(6-9)21(19,20)16-11-3-1-8(2-4-11)13(17)18/h5-8,11,16H,1-4H2,(H,17,18). The van der Waals surface area contributed by atoms with E-state index in [1.54, 1.807) is 0 Å². The average molecular weight is 319 g/mol. The van der Waals surface area contributed by atoms with E-state index in [2.05, 4.69) is 4.72 Å². The van der Waals surface area contributed by atoms with Crippen molar-refractivity contribution in [2.45, 2.75) is 36.6 Å². The number of nitrogens with one attached hydrogen (secondary N) is 1. The second-order valence-corrected chi connectivity index (χ2v) is 6.83. The fraction of sp³-hybridized carbons (Fsp3) is 0.462. The van der Waals surface area contributed by atoms with Crippen LogP contribution in [0.4, 0.5) is 8.78 Å². The minimum atomic E-state index is -4.02. The third-order valence-electron chi connectivity index (χ3n) is 3.54. The molecule has 1 aliphatic carbocycles. The Morgan fingerprint density at radius 2 is 1.62 bits per heavy atom. The molecule has 5 nitrogen and oxygen atoms in total. The fourth-order valence-electron chi connectivity index (χ4n) is 2.43. The number of carboxylic acid groups (broad SMARTS) is 1. The second kappa shape index (κ2) is 6.07. The molecule has 0 saturated heterocycles. The van der Waals surface area contributed by atoms with Crippen LogP contribution in [0.15, 0.2) is 23.1 Å². The Kier molecular flexibility index (Phi) is 4.58. The molecule has 0 amide bonds. The summed E-state index contributed by atoms with van der Waals surface area (Å²) in [6.07, 6.45) is 1.52. The summed E-state index contributed by atoms with van der Waals surface area (Å²) in [4.78, 5) is 10.3. The zero-order valence-electron chi connectivity index (χ0n) is 11.1. The van der Waals surface area contributed by atoms with Crippen LogP contribution in [0, 0.1) is 17.6 Å². The van der Waals surface area contributed by atoms with Crippen LogP contribution < -0.4 is 4.72 Å². The van der Waals surface area contributed by atoms with Crippen molar-refractivity contribution in [2.75, 3.05) is 0 Å². The van der Waals surface area contributed by atoms with Gasteiger partial charge >= 0.3 is 5.97 Å². The Morgan fingerprint density at radius 1 is 1.10 bits per heavy atom. The van der Waals surface area contributed by atoms with Crippen LogP contribution in [0.25, 0.3) is 0 Å². The Morgan fingerprint density at radius 3 is 2.10 bits per heavy atom. The highest BCUT2D eigenvalue weighted by Crippen LogP contribution is 2.25. The van der Waals surface area contributed by atoms with Crippen LogP contribution in [0.5, 0.6) is 0 Å². The Hall–Kier alpha value is -1.54. The Balaban J connectivity index is 2.07. The van der Waals surface area contributed by atoms with Crippen molar-refractivity contribution >= 4 is 16.0 Å². The van der Waals surface area contributed by atoms with Crippen molar-refractivity contribution in [3.05, 3.63) is 29.8 Å². The van der Waals surface area contributed by atoms with Crippen molar-refractivity contribution in [1.82, 2.24) is 4.72 Å². The molecule has 0 atom stereocenters. The quantitative estimate of drug-likeness (QED) is 0.887. The van der Waals surface area contributed by atoms with E-state index in [1.807, 2.05) is 0 Å². The van der Waals surface area contributed by atoms with Gasteiger partial charge in [0.2, 0.25) is 10.0 Å². The molecule has 1 aromatic rings. The van der Waals surface area contributed by atoms with E-state index in [4.69, 9.17) is 5.11 Å². The number of carboxylic acids is 1. The zero-order valence-corrected chi connectivity index (χ0v) is 11.9. The van der Waals surface area contributed by atoms with Gasteiger partial charge in [-0.1, -0.05) is 0 Å². The first-order valence-electron chi connectivity index (χ1n) is 6.49. The first kappa shape index (κ1) is 15.8. The van der Waals surface area contributed by atoms with E-state index in [0.29, 0.717) is 31.7 Å². The zero-order chi connectivity index (χ0) is 15.6. The molecule has 8 heteroatoms. The van der Waals surface area contributed by atoms with E-state index < -0.39 is 44.5 Å². The molecule has 21 heavy (non-hydrogen) atoms. The first-order chi connectivity index (χ1) is 9.78. The molecule has 0 aliphatic heterocycles. The molecule has 1 aliphatic rings. The maximum absolute atomic E-state index is 13.1. The monoisotopic (exact) mass is 319 g/mol. The van der Waals surface area contributed by atoms with Crippen LogP contribution >= 0.6 is 0 Å². The summed E-state index contributed by atoms with van der Waals surface area (Å²) in [6, 6.07) is 1.66. The molecule has 0 aromatic heterocycles. The number of hydrogen-bond donors (Lipinski definition) is 2. The highest BCUT2D eigenvalue weighted by atomic mass is 32.2. The number of rotatable bonds is 4. The van der Waals surface area contributed by atoms with Crippen LogP contribution in [-0.2, 0) is 14.8 Å². The lowest BCUT2D eigenvalue weighted by Gasteiger charge is -2.26. The maximum Gasteiger partial charge on any atom is 0.306 e. The minimum Gasteiger partial charge on any atom is -0.481 e. The third kappa shape index (κ3) is 3.98. The topological polar surface area (TPSA) is 83.5 Å². The van der Waals surface area contributed by atoms with Gasteiger partial charge in [0, 0.05) is 12.1 Å². The van der Waals surface area contributed by atoms with Crippen molar-refractivity contribution in [1.29, 1.82) is 0 Å². The molecule has 0 radical (unpaired) electrons. The van der Waals surface area contributed by atoms with Gasteiger partial charge < -0.3 is 5.11 Å². The molecular weight excluding hydrogens is 304 g/mol. The maximum atomic E-state index is 13.1. The van der Waals surface area contributed by atoms with Crippen LogP contribution in [0.1, 0.15) is 25.7 Å². The predicted octanol–water partition coefficient (Wildman–Crippen LogP) is 1.89. The molecular formula is C13H15F2NO4S. The van der Waals surface area contributed by atoms with Crippen LogP contribution in [0.2, 0.25) is 0 Å². The summed E-state index contributed by atoms with van der Waals surface area (Å²) in [6.45, 7) is 0. The predicted molar refractivity (Wildman–Crippen MR) is 70.1 cm³/mol. The van der Waals surface area contributed by atoms with Crippen LogP contribution in [-0.4, -0.2) is 25.5 Å². The lowest BCUT2D eigenvalue weighted by atomic mass is 9.87. The number of aliphatic carboxylic acids is 1. The molecule has 0 unspecified atom stereocenters. The molecule has 1 fully saturated rings. The van der Waals surface area contributed by atoms with Crippen molar-refractivity contribution in [3.63, 3.8) is 0 Å². The molecule has 2 N–H and O–H groups in total. The molecule has 0 heterocycles. The number of halogens is 2. The Labute approximate surface area is 121 Å². The minimum absolute atomic E-state index is 0.375. The molecule has 1 saturated carbocycles. The summed E-state index contributed by atoms with van der Waals surface area (Å²) in [5.41, 5.74) is 0. The van der Waals surface area contributed by atoms with Gasteiger partial charge in [-0.15, -0.1) is 0 Å². The summed E-state index contributed by atoms with van der Waals surface area (Å²) in [5.74, 6) is -3.28. The second-order valence-electron chi connectivity index (χ2n) is 5.11. The molecule has 116 valence electrons. The number of carbonyl (C=O) groups is 1. The summed E-state index contributed by atoms with van der Waals surface area (Å²) in [5, 5.41) is 8.87. The van der Waals surface area contributed by atoms with Gasteiger partial charge in [-0.05, 0) is 37.8 Å². The van der Waals surface area contributed by atoms with E-state index >= 15 is 0 Å². The third-order valence-corrected chi connectivity index (χ3v) is 5.04. The number of sulfonamides is 1. The summed E-state index contributed by atoms with van der Waals surface area (Å²) >= 11 is 0. The molecule has 1 aromatic carbocycles. The first-order valence-corrected chi connectivity index (χ1v) is 7.97. The van der Waals surface area contributed by atoms with Gasteiger partial charge in [-0.25, -0.2) is 21.9 Å². The van der Waals surface area contributed by atoms with Crippen molar-refractivity contribution in [3.8, 4) is 0 Å². The lowest BCUT2D eigenvalue weighted by Crippen LogP contribution is -2.38. The fourth-order valence-corrected chi connectivity index (χ4v) is 3.78. The van der Waals surface area contributed by atoms with E-state index in [1.165, 1.54) is 0 Å². The van der Waals surface area contributed by atoms with Crippen molar-refractivity contribution < 1.29 is 27.1 Å². The highest BCUT2D eigenvalue weighted by Gasteiger charge is 2.29. The summed E-state index contributed by atoms with van der Waals surface area (Å²) < 4.78 is 52.6. The lowest BCUT2D eigenvalue weighted by molar-refractivity contribution is -0.142. The normalized spacial score (nSPS) is 23.0. The van der Waals surface area contributed by atoms with E-state index in [-0.39, 0.29) is 0 Å². The molecule has 2 rings (SSSR count). The van der Waals surface area contributed by atoms with Gasteiger partial charge in [-0.3, -0.25) is 4.79 Å². The van der Waals surface area contributed by atoms with Crippen molar-refractivity contribution in [2.24, 2.45) is 5.92 Å². The SMILES string of the molecule is O=C(O)C1CCC(NS(=O)(=O)c2cc(F)cc(F)c2)CC1. The smallest absolute Gasteiger partial charge is 0.306 e. The van der Waals surface area contributed by atoms with Gasteiger partial charge in [-0.2, -0.15) is 0 Å². The van der Waals surface area contributed by atoms with Gasteiger partial charge in [0.1, 0.15) is 11.6 Å². The Bertz CT molecular complexity index is 619.